The Morgan fingerprint density at radius 2 is 1.89 bits per heavy atom. The van der Waals surface area contributed by atoms with Crippen molar-refractivity contribution in [2.24, 2.45) is 5.92 Å². The summed E-state index contributed by atoms with van der Waals surface area (Å²) in [6.45, 7) is 1.52. The molecule has 0 aliphatic heterocycles. The number of carbonyl (C=O) groups excluding carboxylic acids is 2. The maximum absolute atomic E-state index is 13.4. The normalized spacial score (nSPS) is 14.3. The lowest BCUT2D eigenvalue weighted by Crippen LogP contribution is -2.33. The predicted molar refractivity (Wildman–Crippen MR) is 96.8 cm³/mol. The van der Waals surface area contributed by atoms with Gasteiger partial charge in [0.25, 0.3) is 5.91 Å². The number of benzene rings is 2. The molecule has 1 unspecified atom stereocenters. The van der Waals surface area contributed by atoms with Crippen molar-refractivity contribution < 1.29 is 23.9 Å². The summed E-state index contributed by atoms with van der Waals surface area (Å²) in [6.07, 6.45) is 1.73. The molecule has 0 saturated heterocycles. The van der Waals surface area contributed by atoms with Crippen LogP contribution in [0.1, 0.15) is 40.4 Å². The minimum Gasteiger partial charge on any atom is -0.479 e. The van der Waals surface area contributed by atoms with Crippen molar-refractivity contribution >= 4 is 23.5 Å². The van der Waals surface area contributed by atoms with Crippen LogP contribution < -0.4 is 10.6 Å². The van der Waals surface area contributed by atoms with E-state index < -0.39 is 23.7 Å². The molecule has 6 nitrogen and oxygen atoms in total. The molecule has 27 heavy (non-hydrogen) atoms. The van der Waals surface area contributed by atoms with Crippen LogP contribution in [0.3, 0.4) is 0 Å². The molecule has 7 heteroatoms. The van der Waals surface area contributed by atoms with Crippen LogP contribution in [-0.4, -0.2) is 22.9 Å². The van der Waals surface area contributed by atoms with Crippen LogP contribution in [0, 0.1) is 18.7 Å². The van der Waals surface area contributed by atoms with Crippen molar-refractivity contribution in [1.29, 1.82) is 0 Å². The fourth-order valence-electron chi connectivity index (χ4n) is 2.68. The molecule has 2 amide bonds. The Hall–Kier alpha value is -3.22. The second kappa shape index (κ2) is 7.57. The van der Waals surface area contributed by atoms with Crippen molar-refractivity contribution in [3.8, 4) is 0 Å². The van der Waals surface area contributed by atoms with Gasteiger partial charge in [-0.25, -0.2) is 9.18 Å². The molecule has 1 fully saturated rings. The molecule has 3 N–H and O–H groups in total. The van der Waals surface area contributed by atoms with E-state index in [0.717, 1.165) is 12.8 Å². The number of carboxylic acids is 1. The molecule has 0 bridgehead atoms. The number of carbonyl (C=O) groups is 3. The Morgan fingerprint density at radius 3 is 2.52 bits per heavy atom. The van der Waals surface area contributed by atoms with E-state index in [1.807, 2.05) is 0 Å². The van der Waals surface area contributed by atoms with Crippen molar-refractivity contribution in [2.45, 2.75) is 25.8 Å². The summed E-state index contributed by atoms with van der Waals surface area (Å²) in [5.74, 6) is -2.37. The highest BCUT2D eigenvalue weighted by atomic mass is 19.1. The van der Waals surface area contributed by atoms with E-state index in [2.05, 4.69) is 10.6 Å². The van der Waals surface area contributed by atoms with Crippen LogP contribution >= 0.6 is 0 Å². The van der Waals surface area contributed by atoms with Gasteiger partial charge in [0, 0.05) is 17.2 Å². The molecule has 2 aromatic rings. The van der Waals surface area contributed by atoms with Gasteiger partial charge in [0.2, 0.25) is 5.91 Å². The smallest absolute Gasteiger partial charge is 0.330 e. The van der Waals surface area contributed by atoms with Gasteiger partial charge in [-0.3, -0.25) is 9.59 Å². The zero-order chi connectivity index (χ0) is 19.6. The van der Waals surface area contributed by atoms with E-state index in [1.54, 1.807) is 12.1 Å². The molecule has 1 saturated carbocycles. The highest BCUT2D eigenvalue weighted by Crippen LogP contribution is 2.30. The molecule has 1 aliphatic rings. The van der Waals surface area contributed by atoms with E-state index >= 15 is 0 Å². The number of rotatable bonds is 6. The quantitative estimate of drug-likeness (QED) is 0.728. The molecular weight excluding hydrogens is 351 g/mol. The maximum atomic E-state index is 13.4. The van der Waals surface area contributed by atoms with E-state index in [4.69, 9.17) is 0 Å². The Morgan fingerprint density at radius 1 is 1.15 bits per heavy atom. The molecule has 0 aromatic heterocycles. The Balaban J connectivity index is 1.76. The molecule has 0 heterocycles. The molecule has 3 rings (SSSR count). The third-order valence-electron chi connectivity index (χ3n) is 4.38. The van der Waals surface area contributed by atoms with Crippen molar-refractivity contribution in [3.63, 3.8) is 0 Å². The number of hydrogen-bond acceptors (Lipinski definition) is 3. The van der Waals surface area contributed by atoms with E-state index in [9.17, 15) is 23.9 Å². The minimum atomic E-state index is -1.32. The van der Waals surface area contributed by atoms with Crippen LogP contribution in [0.25, 0.3) is 0 Å². The largest absolute Gasteiger partial charge is 0.479 e. The first kappa shape index (κ1) is 18.6. The lowest BCUT2D eigenvalue weighted by molar-refractivity contribution is -0.139. The number of amides is 2. The second-order valence-electron chi connectivity index (χ2n) is 6.60. The molecule has 0 radical (unpaired) electrons. The number of aliphatic carboxylic acids is 1. The summed E-state index contributed by atoms with van der Waals surface area (Å²) in [5, 5.41) is 14.6. The zero-order valence-corrected chi connectivity index (χ0v) is 14.7. The lowest BCUT2D eigenvalue weighted by Gasteiger charge is -2.16. The maximum Gasteiger partial charge on any atom is 0.330 e. The predicted octanol–water partition coefficient (Wildman–Crippen LogP) is 3.04. The van der Waals surface area contributed by atoms with Crippen molar-refractivity contribution in [1.82, 2.24) is 5.32 Å². The van der Waals surface area contributed by atoms with Gasteiger partial charge < -0.3 is 15.7 Å². The van der Waals surface area contributed by atoms with Crippen LogP contribution in [0.15, 0.2) is 42.5 Å². The van der Waals surface area contributed by atoms with Crippen LogP contribution in [0.4, 0.5) is 10.1 Å². The second-order valence-corrected chi connectivity index (χ2v) is 6.60. The van der Waals surface area contributed by atoms with Gasteiger partial charge in [-0.2, -0.15) is 0 Å². The summed E-state index contributed by atoms with van der Waals surface area (Å²) in [5.41, 5.74) is 1.25. The first-order valence-corrected chi connectivity index (χ1v) is 8.56. The van der Waals surface area contributed by atoms with E-state index in [0.29, 0.717) is 5.69 Å². The van der Waals surface area contributed by atoms with Gasteiger partial charge >= 0.3 is 5.97 Å². The van der Waals surface area contributed by atoms with E-state index in [1.165, 1.54) is 37.3 Å². The van der Waals surface area contributed by atoms with Gasteiger partial charge in [0.05, 0.1) is 0 Å². The summed E-state index contributed by atoms with van der Waals surface area (Å²) in [7, 11) is 0. The molecule has 1 atom stereocenters. The van der Waals surface area contributed by atoms with Gasteiger partial charge in [0.1, 0.15) is 5.82 Å². The van der Waals surface area contributed by atoms with Gasteiger partial charge in [0.15, 0.2) is 6.04 Å². The SMILES string of the molecule is Cc1cc(C(NC(=O)c2cccc(NC(=O)C3CC3)c2)C(=O)O)ccc1F. The molecular formula is C20H19FN2O4. The third kappa shape index (κ3) is 4.49. The van der Waals surface area contributed by atoms with Crippen LogP contribution in [-0.2, 0) is 9.59 Å². The number of anilines is 1. The number of hydrogen-bond donors (Lipinski definition) is 3. The monoisotopic (exact) mass is 370 g/mol. The molecule has 1 aliphatic carbocycles. The fraction of sp³-hybridized carbons (Fsp3) is 0.250. The molecule has 0 spiro atoms. The average molecular weight is 370 g/mol. The highest BCUT2D eigenvalue weighted by Gasteiger charge is 2.29. The molecule has 2 aromatic carbocycles. The third-order valence-corrected chi connectivity index (χ3v) is 4.38. The number of aryl methyl sites for hydroxylation is 1. The van der Waals surface area contributed by atoms with Crippen molar-refractivity contribution in [2.75, 3.05) is 5.32 Å². The zero-order valence-electron chi connectivity index (χ0n) is 14.7. The Bertz CT molecular complexity index is 909. The Kier molecular flexibility index (Phi) is 5.21. The average Bonchev–Trinajstić information content (AvgIpc) is 3.47. The number of carboxylic acid groups (broad SMARTS) is 1. The highest BCUT2D eigenvalue weighted by molar-refractivity contribution is 5.99. The topological polar surface area (TPSA) is 95.5 Å². The first-order chi connectivity index (χ1) is 12.8. The summed E-state index contributed by atoms with van der Waals surface area (Å²) >= 11 is 0. The van der Waals surface area contributed by atoms with Gasteiger partial charge in [-0.05, 0) is 55.2 Å². The Labute approximate surface area is 155 Å². The summed E-state index contributed by atoms with van der Waals surface area (Å²) < 4.78 is 13.4. The fourth-order valence-corrected chi connectivity index (χ4v) is 2.68. The standard InChI is InChI=1S/C20H19FN2O4/c1-11-9-13(7-8-16(11)21)17(20(26)27)23-19(25)14-3-2-4-15(10-14)22-18(24)12-5-6-12/h2-4,7-10,12,17H,5-6H2,1H3,(H,22,24)(H,23,25)(H,26,27). The van der Waals surface area contributed by atoms with Gasteiger partial charge in [-0.15, -0.1) is 0 Å². The van der Waals surface area contributed by atoms with Crippen LogP contribution in [0.5, 0.6) is 0 Å². The number of halogens is 1. The summed E-state index contributed by atoms with van der Waals surface area (Å²) in [6, 6.07) is 8.85. The first-order valence-electron chi connectivity index (χ1n) is 8.56. The van der Waals surface area contributed by atoms with Gasteiger partial charge in [-0.1, -0.05) is 18.2 Å². The minimum absolute atomic E-state index is 0.0283. The lowest BCUT2D eigenvalue weighted by atomic mass is 10.0. The number of nitrogens with one attached hydrogen (secondary N) is 2. The summed E-state index contributed by atoms with van der Waals surface area (Å²) in [4.78, 5) is 35.9. The van der Waals surface area contributed by atoms with Crippen molar-refractivity contribution in [3.05, 3.63) is 65.0 Å². The van der Waals surface area contributed by atoms with E-state index in [-0.39, 0.29) is 28.5 Å². The molecule has 140 valence electrons. The van der Waals surface area contributed by atoms with Crippen LogP contribution in [0.2, 0.25) is 0 Å².